The average Bonchev–Trinajstić information content (AvgIpc) is 2.90. The third-order valence-corrected chi connectivity index (χ3v) is 6.47. The van der Waals surface area contributed by atoms with Crippen molar-refractivity contribution in [3.05, 3.63) is 89.2 Å². The van der Waals surface area contributed by atoms with Gasteiger partial charge < -0.3 is 25.2 Å². The van der Waals surface area contributed by atoms with Crippen LogP contribution in [0.1, 0.15) is 59.8 Å². The Kier molecular flexibility index (Phi) is 9.52. The lowest BCUT2D eigenvalue weighted by atomic mass is 10.00. The Morgan fingerprint density at radius 2 is 1.76 bits per heavy atom. The number of aliphatic hydroxyl groups excluding tert-OH is 1. The second kappa shape index (κ2) is 13.2. The molecule has 3 aromatic rings. The Labute approximate surface area is 219 Å². The van der Waals surface area contributed by atoms with E-state index >= 15 is 0 Å². The van der Waals surface area contributed by atoms with E-state index < -0.39 is 12.1 Å². The number of ether oxygens (including phenoxy) is 2. The highest BCUT2D eigenvalue weighted by Gasteiger charge is 2.23. The number of amides is 1. The fraction of sp³-hybridized carbons (Fsp3) is 0.400. The van der Waals surface area contributed by atoms with Crippen LogP contribution in [-0.2, 0) is 13.0 Å². The van der Waals surface area contributed by atoms with Crippen molar-refractivity contribution in [3.63, 3.8) is 0 Å². The molecule has 1 amide bonds. The fourth-order valence-electron chi connectivity index (χ4n) is 4.31. The van der Waals surface area contributed by atoms with Crippen LogP contribution in [0.2, 0.25) is 0 Å². The number of fused-ring (bicyclic) bond motifs is 4. The molecule has 4 bridgehead atoms. The highest BCUT2D eigenvalue weighted by molar-refractivity contribution is 5.94. The first kappa shape index (κ1) is 26.6. The number of carbonyl (C=O) groups is 1. The van der Waals surface area contributed by atoms with Crippen LogP contribution in [0, 0.1) is 0 Å². The first-order valence-corrected chi connectivity index (χ1v) is 13.1. The molecule has 0 aliphatic carbocycles. The number of aromatic nitrogens is 1. The summed E-state index contributed by atoms with van der Waals surface area (Å²) in [7, 11) is 0. The van der Waals surface area contributed by atoms with Crippen LogP contribution in [0.5, 0.6) is 11.5 Å². The molecule has 0 fully saturated rings. The van der Waals surface area contributed by atoms with E-state index in [1.54, 1.807) is 12.1 Å². The molecule has 7 nitrogen and oxygen atoms in total. The van der Waals surface area contributed by atoms with Crippen LogP contribution in [0.25, 0.3) is 0 Å². The summed E-state index contributed by atoms with van der Waals surface area (Å²) in [5.74, 6) is 1.61. The Morgan fingerprint density at radius 3 is 2.51 bits per heavy atom. The van der Waals surface area contributed by atoms with E-state index in [2.05, 4.69) is 35.5 Å². The van der Waals surface area contributed by atoms with Crippen molar-refractivity contribution in [3.8, 4) is 11.5 Å². The minimum absolute atomic E-state index is 0.250. The number of nitrogens with zero attached hydrogens (tertiary/aromatic N) is 1. The van der Waals surface area contributed by atoms with Gasteiger partial charge in [0.05, 0.1) is 31.1 Å². The van der Waals surface area contributed by atoms with Crippen molar-refractivity contribution < 1.29 is 19.4 Å². The van der Waals surface area contributed by atoms with Gasteiger partial charge >= 0.3 is 0 Å². The summed E-state index contributed by atoms with van der Waals surface area (Å²) in [5, 5.41) is 17.5. The fourth-order valence-corrected chi connectivity index (χ4v) is 4.31. The number of carbonyl (C=O) groups excluding carboxylic acids is 1. The predicted molar refractivity (Wildman–Crippen MR) is 144 cm³/mol. The molecule has 37 heavy (non-hydrogen) atoms. The van der Waals surface area contributed by atoms with Gasteiger partial charge in [-0.3, -0.25) is 9.78 Å². The van der Waals surface area contributed by atoms with Gasteiger partial charge in [-0.15, -0.1) is 0 Å². The standard InChI is InChI=1S/C30H37N3O4/c1-21(2)23-11-12-32-25(17-23)19-31-20-29(34)28-16-22-7-5-9-26(15-22)36-13-3-4-14-37-27-10-6-8-24(18-27)30(35)33-28/h5-12,15,17-18,21,28-29,31,34H,3-4,13-14,16,19-20H2,1-2H3,(H,33,35)/t28-,29+/m0/s1. The average molecular weight is 504 g/mol. The first-order chi connectivity index (χ1) is 18.0. The summed E-state index contributed by atoms with van der Waals surface area (Å²) in [6.45, 7) is 6.29. The molecule has 2 heterocycles. The monoisotopic (exact) mass is 503 g/mol. The maximum Gasteiger partial charge on any atom is 0.251 e. The molecule has 2 atom stereocenters. The number of hydrogen-bond donors (Lipinski definition) is 3. The van der Waals surface area contributed by atoms with Gasteiger partial charge in [0.25, 0.3) is 5.91 Å². The summed E-state index contributed by atoms with van der Waals surface area (Å²) in [6.07, 6.45) is 3.18. The van der Waals surface area contributed by atoms with E-state index in [0.717, 1.165) is 29.8 Å². The largest absolute Gasteiger partial charge is 0.494 e. The molecule has 0 spiro atoms. The van der Waals surface area contributed by atoms with Crippen LogP contribution in [0.3, 0.4) is 0 Å². The van der Waals surface area contributed by atoms with Gasteiger partial charge in [-0.2, -0.15) is 0 Å². The molecular formula is C30H37N3O4. The van der Waals surface area contributed by atoms with Crippen molar-refractivity contribution in [1.82, 2.24) is 15.6 Å². The maximum atomic E-state index is 13.2. The van der Waals surface area contributed by atoms with Gasteiger partial charge in [0, 0.05) is 24.8 Å². The van der Waals surface area contributed by atoms with E-state index in [1.165, 1.54) is 5.56 Å². The van der Waals surface area contributed by atoms with Gasteiger partial charge in [0.2, 0.25) is 0 Å². The van der Waals surface area contributed by atoms with Crippen LogP contribution >= 0.6 is 0 Å². The highest BCUT2D eigenvalue weighted by Crippen LogP contribution is 2.19. The van der Waals surface area contributed by atoms with Crippen molar-refractivity contribution in [1.29, 1.82) is 0 Å². The maximum absolute atomic E-state index is 13.2. The smallest absolute Gasteiger partial charge is 0.251 e. The normalized spacial score (nSPS) is 17.4. The molecule has 3 N–H and O–H groups in total. The minimum Gasteiger partial charge on any atom is -0.494 e. The van der Waals surface area contributed by atoms with Crippen molar-refractivity contribution in [2.45, 2.75) is 57.7 Å². The molecule has 1 aromatic heterocycles. The lowest BCUT2D eigenvalue weighted by Gasteiger charge is -2.25. The molecule has 196 valence electrons. The molecule has 4 rings (SSSR count). The summed E-state index contributed by atoms with van der Waals surface area (Å²) in [5.41, 5.74) is 3.63. The highest BCUT2D eigenvalue weighted by atomic mass is 16.5. The Morgan fingerprint density at radius 1 is 1.03 bits per heavy atom. The summed E-state index contributed by atoms with van der Waals surface area (Å²) in [4.78, 5) is 17.6. The van der Waals surface area contributed by atoms with Crippen LogP contribution < -0.4 is 20.1 Å². The molecule has 0 saturated carbocycles. The predicted octanol–water partition coefficient (Wildman–Crippen LogP) is 4.25. The van der Waals surface area contributed by atoms with Crippen molar-refractivity contribution >= 4 is 5.91 Å². The summed E-state index contributed by atoms with van der Waals surface area (Å²) in [6, 6.07) is 18.6. The minimum atomic E-state index is -0.819. The molecule has 2 aromatic carbocycles. The molecule has 1 aliphatic heterocycles. The second-order valence-corrected chi connectivity index (χ2v) is 9.80. The Bertz CT molecular complexity index is 1170. The number of benzene rings is 2. The molecule has 7 heteroatoms. The van der Waals surface area contributed by atoms with E-state index in [1.807, 2.05) is 48.7 Å². The van der Waals surface area contributed by atoms with Crippen LogP contribution in [0.15, 0.2) is 66.9 Å². The quantitative estimate of drug-likeness (QED) is 0.466. The zero-order valence-corrected chi connectivity index (χ0v) is 21.7. The first-order valence-electron chi connectivity index (χ1n) is 13.1. The van der Waals surface area contributed by atoms with Gasteiger partial charge in [-0.1, -0.05) is 32.0 Å². The second-order valence-electron chi connectivity index (χ2n) is 9.80. The SMILES string of the molecule is CC(C)c1ccnc(CNC[C@@H](O)[C@@H]2Cc3cccc(c3)OCCCCOc3cccc(c3)C(=O)N2)c1. The van der Waals surface area contributed by atoms with E-state index in [4.69, 9.17) is 9.47 Å². The van der Waals surface area contributed by atoms with Gasteiger partial charge in [-0.25, -0.2) is 0 Å². The van der Waals surface area contributed by atoms with Crippen LogP contribution in [0.4, 0.5) is 0 Å². The molecular weight excluding hydrogens is 466 g/mol. The molecule has 0 saturated heterocycles. The van der Waals surface area contributed by atoms with E-state index in [9.17, 15) is 9.90 Å². The lowest BCUT2D eigenvalue weighted by Crippen LogP contribution is -2.48. The number of nitrogens with one attached hydrogen (secondary N) is 2. The Hall–Kier alpha value is -3.42. The third kappa shape index (κ3) is 8.03. The Balaban J connectivity index is 1.49. The molecule has 0 radical (unpaired) electrons. The topological polar surface area (TPSA) is 92.7 Å². The van der Waals surface area contributed by atoms with Gasteiger partial charge in [0.15, 0.2) is 0 Å². The van der Waals surface area contributed by atoms with Crippen LogP contribution in [-0.4, -0.2) is 47.9 Å². The van der Waals surface area contributed by atoms with E-state index in [0.29, 0.717) is 50.0 Å². The number of pyridine rings is 1. The molecule has 1 aliphatic rings. The van der Waals surface area contributed by atoms with Crippen molar-refractivity contribution in [2.75, 3.05) is 19.8 Å². The number of rotatable bonds is 6. The van der Waals surface area contributed by atoms with E-state index in [-0.39, 0.29) is 5.91 Å². The van der Waals surface area contributed by atoms with Crippen molar-refractivity contribution in [2.24, 2.45) is 0 Å². The number of aliphatic hydroxyl groups is 1. The third-order valence-electron chi connectivity index (χ3n) is 6.47. The lowest BCUT2D eigenvalue weighted by molar-refractivity contribution is 0.0829. The van der Waals surface area contributed by atoms with Gasteiger partial charge in [0.1, 0.15) is 11.5 Å². The molecule has 0 unspecified atom stereocenters. The zero-order valence-electron chi connectivity index (χ0n) is 21.7. The summed E-state index contributed by atoms with van der Waals surface area (Å²) < 4.78 is 11.8. The van der Waals surface area contributed by atoms with Gasteiger partial charge in [-0.05, 0) is 78.8 Å². The zero-order chi connectivity index (χ0) is 26.0. The summed E-state index contributed by atoms with van der Waals surface area (Å²) >= 11 is 0. The number of hydrogen-bond acceptors (Lipinski definition) is 6.